The molecule has 0 spiro atoms. The van der Waals surface area contributed by atoms with Crippen molar-refractivity contribution >= 4 is 11.6 Å². The van der Waals surface area contributed by atoms with Crippen LogP contribution in [0.3, 0.4) is 0 Å². The fourth-order valence-corrected chi connectivity index (χ4v) is 1.63. The zero-order valence-electron chi connectivity index (χ0n) is 10.3. The molecule has 0 radical (unpaired) electrons. The van der Waals surface area contributed by atoms with E-state index in [0.29, 0.717) is 17.7 Å². The van der Waals surface area contributed by atoms with Gasteiger partial charge in [-0.15, -0.1) is 0 Å². The third-order valence-electron chi connectivity index (χ3n) is 2.64. The number of aromatic nitrogens is 1. The Morgan fingerprint density at radius 2 is 2.05 bits per heavy atom. The summed E-state index contributed by atoms with van der Waals surface area (Å²) in [6.07, 6.45) is 1.50. The highest BCUT2D eigenvalue weighted by atomic mass is 19.1. The van der Waals surface area contributed by atoms with Gasteiger partial charge in [-0.25, -0.2) is 13.8 Å². The van der Waals surface area contributed by atoms with Crippen molar-refractivity contribution in [3.8, 4) is 0 Å². The van der Waals surface area contributed by atoms with Crippen LogP contribution in [0.4, 0.5) is 14.5 Å². The SMILES string of the molecule is CCc1cc(NC(=O)c2ccc(F)cn2)ccc1F. The summed E-state index contributed by atoms with van der Waals surface area (Å²) in [6.45, 7) is 1.82. The number of rotatable bonds is 3. The molecule has 1 N–H and O–H groups in total. The van der Waals surface area contributed by atoms with E-state index in [4.69, 9.17) is 0 Å². The maximum atomic E-state index is 13.3. The number of halogens is 2. The van der Waals surface area contributed by atoms with Gasteiger partial charge < -0.3 is 5.32 Å². The van der Waals surface area contributed by atoms with Crippen LogP contribution in [0.5, 0.6) is 0 Å². The number of hydrogen-bond donors (Lipinski definition) is 1. The molecule has 1 amide bonds. The highest BCUT2D eigenvalue weighted by Crippen LogP contribution is 2.16. The van der Waals surface area contributed by atoms with Gasteiger partial charge in [0.25, 0.3) is 5.91 Å². The summed E-state index contributed by atoms with van der Waals surface area (Å²) in [6, 6.07) is 6.78. The summed E-state index contributed by atoms with van der Waals surface area (Å²) in [5, 5.41) is 2.59. The Bertz CT molecular complexity index is 597. The van der Waals surface area contributed by atoms with Crippen molar-refractivity contribution in [3.63, 3.8) is 0 Å². The molecule has 1 aromatic carbocycles. The van der Waals surface area contributed by atoms with E-state index in [-0.39, 0.29) is 11.5 Å². The van der Waals surface area contributed by atoms with Gasteiger partial charge in [0.05, 0.1) is 6.20 Å². The van der Waals surface area contributed by atoms with Crippen LogP contribution in [0.15, 0.2) is 36.5 Å². The van der Waals surface area contributed by atoms with E-state index in [1.807, 2.05) is 6.92 Å². The number of nitrogens with one attached hydrogen (secondary N) is 1. The van der Waals surface area contributed by atoms with Crippen LogP contribution in [0.25, 0.3) is 0 Å². The number of anilines is 1. The normalized spacial score (nSPS) is 10.3. The first-order valence-electron chi connectivity index (χ1n) is 5.81. The molecule has 0 saturated carbocycles. The lowest BCUT2D eigenvalue weighted by atomic mass is 10.1. The summed E-state index contributed by atoms with van der Waals surface area (Å²) in [5.74, 6) is -1.28. The average Bonchev–Trinajstić information content (AvgIpc) is 2.41. The van der Waals surface area contributed by atoms with Crippen LogP contribution >= 0.6 is 0 Å². The smallest absolute Gasteiger partial charge is 0.274 e. The van der Waals surface area contributed by atoms with Gasteiger partial charge >= 0.3 is 0 Å². The minimum atomic E-state index is -0.508. The molecule has 0 aliphatic heterocycles. The molecule has 2 aromatic rings. The first kappa shape index (κ1) is 13.1. The second-order valence-electron chi connectivity index (χ2n) is 3.98. The van der Waals surface area contributed by atoms with Crippen LogP contribution in [-0.2, 0) is 6.42 Å². The van der Waals surface area contributed by atoms with Gasteiger partial charge in [-0.3, -0.25) is 4.79 Å². The van der Waals surface area contributed by atoms with E-state index < -0.39 is 11.7 Å². The maximum absolute atomic E-state index is 13.3. The average molecular weight is 262 g/mol. The number of carbonyl (C=O) groups is 1. The number of pyridine rings is 1. The molecule has 0 atom stereocenters. The predicted molar refractivity (Wildman–Crippen MR) is 67.9 cm³/mol. The largest absolute Gasteiger partial charge is 0.321 e. The predicted octanol–water partition coefficient (Wildman–Crippen LogP) is 3.17. The summed E-state index contributed by atoms with van der Waals surface area (Å²) < 4.78 is 26.0. The van der Waals surface area contributed by atoms with Crippen LogP contribution in [-0.4, -0.2) is 10.9 Å². The molecule has 0 aliphatic rings. The maximum Gasteiger partial charge on any atom is 0.274 e. The molecule has 1 heterocycles. The van der Waals surface area contributed by atoms with Crippen molar-refractivity contribution in [1.82, 2.24) is 4.98 Å². The Morgan fingerprint density at radius 1 is 1.26 bits per heavy atom. The molecule has 0 saturated heterocycles. The topological polar surface area (TPSA) is 42.0 Å². The zero-order chi connectivity index (χ0) is 13.8. The molecule has 19 heavy (non-hydrogen) atoms. The van der Waals surface area contributed by atoms with Crippen molar-refractivity contribution in [3.05, 3.63) is 59.4 Å². The van der Waals surface area contributed by atoms with Crippen LogP contribution in [0, 0.1) is 11.6 Å². The first-order chi connectivity index (χ1) is 9.10. The molecular formula is C14H12F2N2O. The highest BCUT2D eigenvalue weighted by molar-refractivity contribution is 6.02. The second kappa shape index (κ2) is 5.56. The lowest BCUT2D eigenvalue weighted by Gasteiger charge is -2.07. The monoisotopic (exact) mass is 262 g/mol. The molecule has 2 rings (SSSR count). The second-order valence-corrected chi connectivity index (χ2v) is 3.98. The van der Waals surface area contributed by atoms with Crippen molar-refractivity contribution in [2.45, 2.75) is 13.3 Å². The minimum absolute atomic E-state index is 0.101. The zero-order valence-corrected chi connectivity index (χ0v) is 10.3. The molecule has 98 valence electrons. The van der Waals surface area contributed by atoms with E-state index in [2.05, 4.69) is 10.3 Å². The van der Waals surface area contributed by atoms with E-state index in [1.165, 1.54) is 18.2 Å². The molecule has 0 bridgehead atoms. The number of aryl methyl sites for hydroxylation is 1. The van der Waals surface area contributed by atoms with E-state index in [1.54, 1.807) is 6.07 Å². The number of benzene rings is 1. The number of hydrogen-bond acceptors (Lipinski definition) is 2. The van der Waals surface area contributed by atoms with Gasteiger partial charge in [0.15, 0.2) is 0 Å². The van der Waals surface area contributed by atoms with Gasteiger partial charge in [-0.2, -0.15) is 0 Å². The number of nitrogens with zero attached hydrogens (tertiary/aromatic N) is 1. The van der Waals surface area contributed by atoms with Gasteiger partial charge in [0.1, 0.15) is 17.3 Å². The molecule has 3 nitrogen and oxygen atoms in total. The Morgan fingerprint density at radius 3 is 2.68 bits per heavy atom. The Labute approximate surface area is 109 Å². The van der Waals surface area contributed by atoms with Crippen LogP contribution < -0.4 is 5.32 Å². The molecular weight excluding hydrogens is 250 g/mol. The summed E-state index contributed by atoms with van der Waals surface area (Å²) in [5.41, 5.74) is 1.10. The van der Waals surface area contributed by atoms with Gasteiger partial charge in [0, 0.05) is 5.69 Å². The van der Waals surface area contributed by atoms with Crippen molar-refractivity contribution in [2.24, 2.45) is 0 Å². The Balaban J connectivity index is 2.17. The summed E-state index contributed by atoms with van der Waals surface area (Å²) >= 11 is 0. The molecule has 1 aromatic heterocycles. The van der Waals surface area contributed by atoms with Gasteiger partial charge in [-0.05, 0) is 42.3 Å². The number of carbonyl (C=O) groups excluding carboxylic acids is 1. The first-order valence-corrected chi connectivity index (χ1v) is 5.81. The van der Waals surface area contributed by atoms with Crippen molar-refractivity contribution in [1.29, 1.82) is 0 Å². The third-order valence-corrected chi connectivity index (χ3v) is 2.64. The number of amides is 1. The minimum Gasteiger partial charge on any atom is -0.321 e. The molecule has 0 aliphatic carbocycles. The van der Waals surface area contributed by atoms with Crippen LogP contribution in [0.1, 0.15) is 23.0 Å². The quantitative estimate of drug-likeness (QED) is 0.923. The Kier molecular flexibility index (Phi) is 3.85. The van der Waals surface area contributed by atoms with Crippen molar-refractivity contribution < 1.29 is 13.6 Å². The van der Waals surface area contributed by atoms with Gasteiger partial charge in [-0.1, -0.05) is 6.92 Å². The standard InChI is InChI=1S/C14H12F2N2O/c1-2-9-7-11(4-5-12(9)16)18-14(19)13-6-3-10(15)8-17-13/h3-8H,2H2,1H3,(H,18,19). The molecule has 0 fully saturated rings. The third kappa shape index (κ3) is 3.13. The van der Waals surface area contributed by atoms with E-state index in [0.717, 1.165) is 12.3 Å². The van der Waals surface area contributed by atoms with Crippen LogP contribution in [0.2, 0.25) is 0 Å². The fraction of sp³-hybridized carbons (Fsp3) is 0.143. The van der Waals surface area contributed by atoms with Crippen molar-refractivity contribution in [2.75, 3.05) is 5.32 Å². The van der Waals surface area contributed by atoms with E-state index in [9.17, 15) is 13.6 Å². The summed E-state index contributed by atoms with van der Waals surface area (Å²) in [4.78, 5) is 15.5. The van der Waals surface area contributed by atoms with Gasteiger partial charge in [0.2, 0.25) is 0 Å². The highest BCUT2D eigenvalue weighted by Gasteiger charge is 2.09. The van der Waals surface area contributed by atoms with E-state index >= 15 is 0 Å². The fourth-order valence-electron chi connectivity index (χ4n) is 1.63. The lowest BCUT2D eigenvalue weighted by Crippen LogP contribution is -2.13. The summed E-state index contributed by atoms with van der Waals surface area (Å²) in [7, 11) is 0. The Hall–Kier alpha value is -2.30. The molecule has 5 heteroatoms. The molecule has 0 unspecified atom stereocenters. The lowest BCUT2D eigenvalue weighted by molar-refractivity contribution is 0.102.